The van der Waals surface area contributed by atoms with E-state index in [9.17, 15) is 9.90 Å². The lowest BCUT2D eigenvalue weighted by Gasteiger charge is -2.31. The molecule has 0 saturated heterocycles. The fourth-order valence-electron chi connectivity index (χ4n) is 3.39. The summed E-state index contributed by atoms with van der Waals surface area (Å²) < 4.78 is 0. The summed E-state index contributed by atoms with van der Waals surface area (Å²) in [7, 11) is 0. The largest absolute Gasteiger partial charge is 0.391 e. The van der Waals surface area contributed by atoms with Crippen molar-refractivity contribution in [3.05, 3.63) is 0 Å². The molecular weight excluding hydrogens is 286 g/mol. The summed E-state index contributed by atoms with van der Waals surface area (Å²) in [4.78, 5) is 12.3. The molecule has 1 amide bonds. The molecule has 0 radical (unpaired) electrons. The number of rotatable bonds is 9. The molecule has 0 unspecified atom stereocenters. The Morgan fingerprint density at radius 1 is 1.22 bits per heavy atom. The van der Waals surface area contributed by atoms with E-state index < -0.39 is 6.10 Å². The summed E-state index contributed by atoms with van der Waals surface area (Å²) in [5.74, 6) is 3.54. The van der Waals surface area contributed by atoms with E-state index in [-0.39, 0.29) is 17.9 Å². The van der Waals surface area contributed by atoms with Gasteiger partial charge in [-0.15, -0.1) is 12.3 Å². The minimum Gasteiger partial charge on any atom is -0.391 e. The average molecular weight is 322 g/mol. The van der Waals surface area contributed by atoms with Gasteiger partial charge in [0, 0.05) is 12.3 Å². The van der Waals surface area contributed by atoms with E-state index in [2.05, 4.69) is 25.1 Å². The van der Waals surface area contributed by atoms with Crippen molar-refractivity contribution in [3.8, 4) is 12.3 Å². The zero-order chi connectivity index (χ0) is 17.2. The van der Waals surface area contributed by atoms with Crippen molar-refractivity contribution in [1.82, 2.24) is 5.32 Å². The van der Waals surface area contributed by atoms with Gasteiger partial charge < -0.3 is 10.4 Å². The van der Waals surface area contributed by atoms with Crippen LogP contribution < -0.4 is 5.32 Å². The minimum absolute atomic E-state index is 0.0210. The van der Waals surface area contributed by atoms with Gasteiger partial charge in [0.25, 0.3) is 0 Å². The molecule has 0 heterocycles. The predicted octanol–water partition coefficient (Wildman–Crippen LogP) is 3.90. The summed E-state index contributed by atoms with van der Waals surface area (Å²) in [6.07, 6.45) is 14.3. The molecule has 1 fully saturated rings. The van der Waals surface area contributed by atoms with Gasteiger partial charge in [-0.3, -0.25) is 4.79 Å². The Bertz CT molecular complexity index is 380. The maximum absolute atomic E-state index is 12.3. The molecule has 0 bridgehead atoms. The molecule has 1 aliphatic carbocycles. The molecule has 3 heteroatoms. The Kier molecular flexibility index (Phi) is 9.33. The predicted molar refractivity (Wildman–Crippen MR) is 95.8 cm³/mol. The molecule has 0 aromatic rings. The van der Waals surface area contributed by atoms with E-state index in [4.69, 9.17) is 6.42 Å². The second-order valence-corrected chi connectivity index (χ2v) is 7.70. The highest BCUT2D eigenvalue weighted by Crippen LogP contribution is 2.29. The number of amides is 1. The van der Waals surface area contributed by atoms with Gasteiger partial charge in [0.2, 0.25) is 5.91 Å². The molecule has 1 saturated carbocycles. The molecule has 0 aliphatic heterocycles. The Morgan fingerprint density at radius 2 is 1.87 bits per heavy atom. The van der Waals surface area contributed by atoms with Crippen molar-refractivity contribution in [1.29, 1.82) is 0 Å². The number of hydrogen-bond acceptors (Lipinski definition) is 2. The van der Waals surface area contributed by atoms with Crippen molar-refractivity contribution < 1.29 is 9.90 Å². The highest BCUT2D eigenvalue weighted by atomic mass is 16.3. The number of hydrogen-bond donors (Lipinski definition) is 2. The Hall–Kier alpha value is -1.01. The first kappa shape index (κ1) is 20.0. The summed E-state index contributed by atoms with van der Waals surface area (Å²) in [5, 5.41) is 13.7. The highest BCUT2D eigenvalue weighted by molar-refractivity contribution is 5.78. The smallest absolute Gasteiger partial charge is 0.224 e. The van der Waals surface area contributed by atoms with Crippen LogP contribution in [0.3, 0.4) is 0 Å². The van der Waals surface area contributed by atoms with Crippen LogP contribution in [0, 0.1) is 30.1 Å². The van der Waals surface area contributed by atoms with Crippen LogP contribution in [0.15, 0.2) is 0 Å². The Balaban J connectivity index is 2.62. The SMILES string of the molecule is C#CC[C@H](C)C(=O)N[C@@H](CC1CCCCC1)[C@@H](O)CCC(C)C. The van der Waals surface area contributed by atoms with Crippen LogP contribution in [0.2, 0.25) is 0 Å². The molecule has 0 aromatic heterocycles. The Labute approximate surface area is 142 Å². The third-order valence-electron chi connectivity index (χ3n) is 5.02. The van der Waals surface area contributed by atoms with Gasteiger partial charge in [0.1, 0.15) is 0 Å². The third-order valence-corrected chi connectivity index (χ3v) is 5.02. The van der Waals surface area contributed by atoms with E-state index in [1.165, 1.54) is 32.1 Å². The number of nitrogens with one attached hydrogen (secondary N) is 1. The van der Waals surface area contributed by atoms with Crippen LogP contribution in [0.4, 0.5) is 0 Å². The monoisotopic (exact) mass is 321 g/mol. The van der Waals surface area contributed by atoms with E-state index >= 15 is 0 Å². The maximum atomic E-state index is 12.3. The van der Waals surface area contributed by atoms with Crippen molar-refractivity contribution in [2.24, 2.45) is 17.8 Å². The number of carbonyl (C=O) groups excluding carboxylic acids is 1. The first-order valence-corrected chi connectivity index (χ1v) is 9.36. The quantitative estimate of drug-likeness (QED) is 0.633. The number of terminal acetylenes is 1. The number of aliphatic hydroxyl groups is 1. The van der Waals surface area contributed by atoms with E-state index in [0.717, 1.165) is 19.3 Å². The van der Waals surface area contributed by atoms with Crippen molar-refractivity contribution in [2.75, 3.05) is 0 Å². The standard InChI is InChI=1S/C20H35NO2/c1-5-9-16(4)20(23)21-18(19(22)13-12-15(2)3)14-17-10-7-6-8-11-17/h1,15-19,22H,6-14H2,2-4H3,(H,21,23)/t16-,18-,19-/m0/s1. The van der Waals surface area contributed by atoms with Gasteiger partial charge in [-0.25, -0.2) is 0 Å². The lowest BCUT2D eigenvalue weighted by atomic mass is 9.83. The van der Waals surface area contributed by atoms with Gasteiger partial charge in [-0.1, -0.05) is 52.9 Å². The minimum atomic E-state index is -0.457. The first-order chi connectivity index (χ1) is 10.9. The van der Waals surface area contributed by atoms with Gasteiger partial charge in [-0.2, -0.15) is 0 Å². The lowest BCUT2D eigenvalue weighted by Crippen LogP contribution is -2.46. The van der Waals surface area contributed by atoms with Crippen molar-refractivity contribution >= 4 is 5.91 Å². The van der Waals surface area contributed by atoms with Crippen LogP contribution in [0.5, 0.6) is 0 Å². The second-order valence-electron chi connectivity index (χ2n) is 7.70. The fraction of sp³-hybridized carbons (Fsp3) is 0.850. The molecule has 132 valence electrons. The normalized spacial score (nSPS) is 19.8. The van der Waals surface area contributed by atoms with Crippen molar-refractivity contribution in [2.45, 2.75) is 90.7 Å². The summed E-state index contributed by atoms with van der Waals surface area (Å²) in [5.41, 5.74) is 0. The van der Waals surface area contributed by atoms with Gasteiger partial charge >= 0.3 is 0 Å². The van der Waals surface area contributed by atoms with E-state index in [1.807, 2.05) is 6.92 Å². The second kappa shape index (κ2) is 10.7. The fourth-order valence-corrected chi connectivity index (χ4v) is 3.39. The molecule has 23 heavy (non-hydrogen) atoms. The average Bonchev–Trinajstić information content (AvgIpc) is 2.53. The Morgan fingerprint density at radius 3 is 2.43 bits per heavy atom. The molecule has 0 aromatic carbocycles. The third kappa shape index (κ3) is 7.88. The number of carbonyl (C=O) groups is 1. The molecule has 3 nitrogen and oxygen atoms in total. The summed E-state index contributed by atoms with van der Waals surface area (Å²) >= 11 is 0. The van der Waals surface area contributed by atoms with Crippen LogP contribution in [0.1, 0.15) is 78.6 Å². The van der Waals surface area contributed by atoms with Crippen LogP contribution in [0.25, 0.3) is 0 Å². The zero-order valence-corrected chi connectivity index (χ0v) is 15.2. The number of aliphatic hydroxyl groups excluding tert-OH is 1. The van der Waals surface area contributed by atoms with Gasteiger partial charge in [-0.05, 0) is 31.1 Å². The molecule has 2 N–H and O–H groups in total. The molecule has 1 rings (SSSR count). The molecule has 3 atom stereocenters. The molecule has 1 aliphatic rings. The highest BCUT2D eigenvalue weighted by Gasteiger charge is 2.27. The lowest BCUT2D eigenvalue weighted by molar-refractivity contribution is -0.126. The molecule has 0 spiro atoms. The van der Waals surface area contributed by atoms with Crippen LogP contribution in [-0.4, -0.2) is 23.2 Å². The summed E-state index contributed by atoms with van der Waals surface area (Å²) in [6.45, 7) is 6.18. The maximum Gasteiger partial charge on any atom is 0.224 e. The molecular formula is C20H35NO2. The van der Waals surface area contributed by atoms with Crippen molar-refractivity contribution in [3.63, 3.8) is 0 Å². The van der Waals surface area contributed by atoms with E-state index in [0.29, 0.717) is 18.3 Å². The first-order valence-electron chi connectivity index (χ1n) is 9.36. The van der Waals surface area contributed by atoms with Crippen LogP contribution >= 0.6 is 0 Å². The van der Waals surface area contributed by atoms with E-state index in [1.54, 1.807) is 0 Å². The van der Waals surface area contributed by atoms with Gasteiger partial charge in [0.05, 0.1) is 12.1 Å². The zero-order valence-electron chi connectivity index (χ0n) is 15.2. The summed E-state index contributed by atoms with van der Waals surface area (Å²) in [6, 6.07) is -0.135. The van der Waals surface area contributed by atoms with Crippen LogP contribution in [-0.2, 0) is 4.79 Å². The topological polar surface area (TPSA) is 49.3 Å². The van der Waals surface area contributed by atoms with Gasteiger partial charge in [0.15, 0.2) is 0 Å².